The number of hydrazone groups is 1. The number of nitrogens with one attached hydrogen (secondary N) is 1. The minimum Gasteiger partial charge on any atom is -0.457 e. The second-order valence-electron chi connectivity index (χ2n) is 8.87. The molecule has 0 bridgehead atoms. The van der Waals surface area contributed by atoms with E-state index in [2.05, 4.69) is 19.9 Å². The first-order valence-electron chi connectivity index (χ1n) is 12.0. The SMILES string of the molecule is O=C(Nc1ccc(Oc2ccc(Cl)cc2)cc1)N1CC(c2ccc3c(c2)OC(F)(F)O3)C(c2ccccc2)=N1. The first-order chi connectivity index (χ1) is 18.8. The Bertz CT molecular complexity index is 1550. The average molecular weight is 548 g/mol. The molecule has 1 atom stereocenters. The second-order valence-corrected chi connectivity index (χ2v) is 9.31. The molecule has 0 radical (unpaired) electrons. The lowest BCUT2D eigenvalue weighted by atomic mass is 9.90. The molecule has 0 saturated carbocycles. The normalized spacial score (nSPS) is 17.1. The maximum absolute atomic E-state index is 13.6. The number of urea groups is 1. The molecule has 0 aliphatic carbocycles. The zero-order valence-electron chi connectivity index (χ0n) is 20.2. The highest BCUT2D eigenvalue weighted by Crippen LogP contribution is 2.43. The van der Waals surface area contributed by atoms with Crippen LogP contribution in [0.15, 0.2) is 102 Å². The maximum atomic E-state index is 13.6. The third kappa shape index (κ3) is 5.35. The molecule has 0 saturated heterocycles. The van der Waals surface area contributed by atoms with Crippen molar-refractivity contribution in [1.82, 2.24) is 5.01 Å². The van der Waals surface area contributed by atoms with E-state index in [9.17, 15) is 13.6 Å². The zero-order chi connectivity index (χ0) is 27.0. The molecular formula is C29H20ClF2N3O4. The number of nitrogens with zero attached hydrogens (tertiary/aromatic N) is 2. The van der Waals surface area contributed by atoms with Crippen molar-refractivity contribution < 1.29 is 27.8 Å². The lowest BCUT2D eigenvalue weighted by Crippen LogP contribution is -2.30. The molecule has 6 rings (SSSR count). The predicted octanol–water partition coefficient (Wildman–Crippen LogP) is 7.49. The number of anilines is 1. The van der Waals surface area contributed by atoms with Crippen LogP contribution >= 0.6 is 11.6 Å². The summed E-state index contributed by atoms with van der Waals surface area (Å²) in [4.78, 5) is 13.2. The number of rotatable bonds is 5. The Balaban J connectivity index is 1.19. The quantitative estimate of drug-likeness (QED) is 0.281. The predicted molar refractivity (Wildman–Crippen MR) is 142 cm³/mol. The summed E-state index contributed by atoms with van der Waals surface area (Å²) in [6, 6.07) is 27.4. The molecule has 1 unspecified atom stereocenters. The van der Waals surface area contributed by atoms with Gasteiger partial charge in [0.15, 0.2) is 11.5 Å². The number of carbonyl (C=O) groups is 1. The van der Waals surface area contributed by atoms with E-state index < -0.39 is 12.3 Å². The van der Waals surface area contributed by atoms with Crippen LogP contribution in [0, 0.1) is 0 Å². The molecular weight excluding hydrogens is 528 g/mol. The van der Waals surface area contributed by atoms with E-state index in [1.54, 1.807) is 54.6 Å². The Morgan fingerprint density at radius 3 is 2.31 bits per heavy atom. The van der Waals surface area contributed by atoms with Crippen LogP contribution in [0.25, 0.3) is 0 Å². The minimum absolute atomic E-state index is 0.0435. The highest BCUT2D eigenvalue weighted by molar-refractivity contribution is 6.30. The van der Waals surface area contributed by atoms with Crippen molar-refractivity contribution >= 4 is 29.0 Å². The van der Waals surface area contributed by atoms with E-state index in [1.807, 2.05) is 30.3 Å². The monoisotopic (exact) mass is 547 g/mol. The van der Waals surface area contributed by atoms with E-state index in [0.717, 1.165) is 5.56 Å². The van der Waals surface area contributed by atoms with Gasteiger partial charge >= 0.3 is 12.3 Å². The average Bonchev–Trinajstić information content (AvgIpc) is 3.51. The topological polar surface area (TPSA) is 72.4 Å². The number of amides is 2. The molecule has 2 amide bonds. The lowest BCUT2D eigenvalue weighted by Gasteiger charge is -2.16. The van der Waals surface area contributed by atoms with Crippen molar-refractivity contribution in [3.63, 3.8) is 0 Å². The maximum Gasteiger partial charge on any atom is 0.586 e. The largest absolute Gasteiger partial charge is 0.586 e. The van der Waals surface area contributed by atoms with Gasteiger partial charge < -0.3 is 19.5 Å². The fourth-order valence-corrected chi connectivity index (χ4v) is 4.50. The molecule has 1 N–H and O–H groups in total. The summed E-state index contributed by atoms with van der Waals surface area (Å²) in [6.45, 7) is 0.198. The molecule has 0 spiro atoms. The van der Waals surface area contributed by atoms with Crippen LogP contribution in [-0.2, 0) is 0 Å². The lowest BCUT2D eigenvalue weighted by molar-refractivity contribution is -0.286. The number of hydrogen-bond acceptors (Lipinski definition) is 5. The summed E-state index contributed by atoms with van der Waals surface area (Å²) in [6.07, 6.45) is -3.71. The molecule has 7 nitrogen and oxygen atoms in total. The van der Waals surface area contributed by atoms with Gasteiger partial charge in [0, 0.05) is 16.6 Å². The first-order valence-corrected chi connectivity index (χ1v) is 12.4. The zero-order valence-corrected chi connectivity index (χ0v) is 20.9. The number of alkyl halides is 2. The Morgan fingerprint density at radius 2 is 1.59 bits per heavy atom. The van der Waals surface area contributed by atoms with Gasteiger partial charge in [0.2, 0.25) is 0 Å². The summed E-state index contributed by atoms with van der Waals surface area (Å²) in [5.74, 6) is 0.742. The van der Waals surface area contributed by atoms with Gasteiger partial charge in [-0.05, 0) is 71.8 Å². The summed E-state index contributed by atoms with van der Waals surface area (Å²) in [5.41, 5.74) is 2.65. The van der Waals surface area contributed by atoms with Gasteiger partial charge in [0.05, 0.1) is 12.3 Å². The third-order valence-corrected chi connectivity index (χ3v) is 6.45. The van der Waals surface area contributed by atoms with Crippen molar-refractivity contribution in [2.24, 2.45) is 5.10 Å². The van der Waals surface area contributed by atoms with Gasteiger partial charge in [-0.2, -0.15) is 5.10 Å². The van der Waals surface area contributed by atoms with Crippen LogP contribution in [0.5, 0.6) is 23.0 Å². The Labute approximate surface area is 227 Å². The molecule has 4 aromatic rings. The summed E-state index contributed by atoms with van der Waals surface area (Å²) in [7, 11) is 0. The van der Waals surface area contributed by atoms with Gasteiger partial charge in [-0.3, -0.25) is 0 Å². The minimum atomic E-state index is -3.71. The molecule has 2 aliphatic heterocycles. The molecule has 2 aliphatic rings. The number of halogens is 3. The molecule has 0 fully saturated rings. The van der Waals surface area contributed by atoms with Crippen LogP contribution in [0.2, 0.25) is 5.02 Å². The van der Waals surface area contributed by atoms with Crippen LogP contribution in [-0.4, -0.2) is 29.6 Å². The summed E-state index contributed by atoms with van der Waals surface area (Å²) in [5, 5.41) is 9.38. The number of fused-ring (bicyclic) bond motifs is 1. The van der Waals surface area contributed by atoms with E-state index in [-0.39, 0.29) is 24.0 Å². The molecule has 196 valence electrons. The van der Waals surface area contributed by atoms with Crippen LogP contribution < -0.4 is 19.5 Å². The van der Waals surface area contributed by atoms with Gasteiger partial charge in [-0.1, -0.05) is 48.0 Å². The van der Waals surface area contributed by atoms with E-state index in [1.165, 1.54) is 17.1 Å². The first kappa shape index (κ1) is 24.7. The van der Waals surface area contributed by atoms with Gasteiger partial charge in [0.1, 0.15) is 11.5 Å². The standard InChI is InChI=1S/C29H20ClF2N3O4/c30-20-7-11-22(12-8-20)37-23-13-9-21(10-14-23)33-28(36)35-17-24(27(34-35)18-4-2-1-3-5-18)19-6-15-25-26(16-19)39-29(31,32)38-25/h1-16,24H,17H2,(H,33,36). The molecule has 10 heteroatoms. The van der Waals surface area contributed by atoms with Crippen molar-refractivity contribution in [2.75, 3.05) is 11.9 Å². The molecule has 0 aromatic heterocycles. The van der Waals surface area contributed by atoms with Crippen molar-refractivity contribution in [3.05, 3.63) is 113 Å². The van der Waals surface area contributed by atoms with Crippen molar-refractivity contribution in [2.45, 2.75) is 12.2 Å². The highest BCUT2D eigenvalue weighted by Gasteiger charge is 2.44. The Morgan fingerprint density at radius 1 is 0.923 bits per heavy atom. The number of hydrogen-bond donors (Lipinski definition) is 1. The highest BCUT2D eigenvalue weighted by atomic mass is 35.5. The van der Waals surface area contributed by atoms with Crippen LogP contribution in [0.1, 0.15) is 17.0 Å². The van der Waals surface area contributed by atoms with Gasteiger partial charge in [0.25, 0.3) is 0 Å². The molecule has 2 heterocycles. The van der Waals surface area contributed by atoms with E-state index in [0.29, 0.717) is 33.5 Å². The van der Waals surface area contributed by atoms with Crippen molar-refractivity contribution in [3.8, 4) is 23.0 Å². The Hall–Kier alpha value is -4.63. The van der Waals surface area contributed by atoms with Gasteiger partial charge in [-0.25, -0.2) is 9.80 Å². The van der Waals surface area contributed by atoms with E-state index in [4.69, 9.17) is 16.3 Å². The summed E-state index contributed by atoms with van der Waals surface area (Å²) < 4.78 is 42.1. The third-order valence-electron chi connectivity index (χ3n) is 6.20. The molecule has 39 heavy (non-hydrogen) atoms. The fraction of sp³-hybridized carbons (Fsp3) is 0.103. The fourth-order valence-electron chi connectivity index (χ4n) is 4.37. The van der Waals surface area contributed by atoms with Crippen molar-refractivity contribution in [1.29, 1.82) is 0 Å². The second kappa shape index (κ2) is 9.92. The number of ether oxygens (including phenoxy) is 3. The molecule has 4 aromatic carbocycles. The van der Waals surface area contributed by atoms with Gasteiger partial charge in [-0.15, -0.1) is 8.78 Å². The van der Waals surface area contributed by atoms with Crippen LogP contribution in [0.4, 0.5) is 19.3 Å². The van der Waals surface area contributed by atoms with E-state index >= 15 is 0 Å². The Kier molecular flexibility index (Phi) is 6.28. The van der Waals surface area contributed by atoms with Crippen LogP contribution in [0.3, 0.4) is 0 Å². The summed E-state index contributed by atoms with van der Waals surface area (Å²) >= 11 is 5.91. The number of benzene rings is 4. The smallest absolute Gasteiger partial charge is 0.457 e. The number of carbonyl (C=O) groups excluding carboxylic acids is 1.